The molecule has 4 nitrogen and oxygen atoms in total. The summed E-state index contributed by atoms with van der Waals surface area (Å²) in [5.74, 6) is 2.30. The number of hydrogen-bond donors (Lipinski definition) is 1. The van der Waals surface area contributed by atoms with Crippen molar-refractivity contribution in [2.75, 3.05) is 13.3 Å². The first-order valence-corrected chi connectivity index (χ1v) is 7.84. The van der Waals surface area contributed by atoms with Crippen LogP contribution in [0.3, 0.4) is 0 Å². The minimum Gasteiger partial charge on any atom is -0.488 e. The fourth-order valence-corrected chi connectivity index (χ4v) is 2.55. The number of hydrogen-bond acceptors (Lipinski definition) is 4. The van der Waals surface area contributed by atoms with E-state index in [0.29, 0.717) is 13.2 Å². The Balaban J connectivity index is 1.78. The van der Waals surface area contributed by atoms with Crippen LogP contribution in [0.1, 0.15) is 11.1 Å². The third-order valence-electron chi connectivity index (χ3n) is 3.28. The molecule has 0 saturated carbocycles. The molecule has 0 radical (unpaired) electrons. The van der Waals surface area contributed by atoms with Gasteiger partial charge in [-0.25, -0.2) is 0 Å². The predicted octanol–water partition coefficient (Wildman–Crippen LogP) is 3.10. The van der Waals surface area contributed by atoms with Gasteiger partial charge in [0.05, 0.1) is 0 Å². The van der Waals surface area contributed by atoms with Gasteiger partial charge in [-0.05, 0) is 64.9 Å². The molecule has 110 valence electrons. The summed E-state index contributed by atoms with van der Waals surface area (Å²) in [6.45, 7) is 1.35. The van der Waals surface area contributed by atoms with Gasteiger partial charge in [0.1, 0.15) is 12.4 Å². The highest BCUT2D eigenvalue weighted by atomic mass is 127. The lowest BCUT2D eigenvalue weighted by Gasteiger charge is -2.12. The summed E-state index contributed by atoms with van der Waals surface area (Å²) in [5, 5.41) is 0. The Labute approximate surface area is 137 Å². The van der Waals surface area contributed by atoms with Crippen molar-refractivity contribution >= 4 is 22.6 Å². The monoisotopic (exact) mass is 397 g/mol. The molecule has 1 aliphatic rings. The van der Waals surface area contributed by atoms with Crippen LogP contribution in [0.4, 0.5) is 0 Å². The van der Waals surface area contributed by atoms with E-state index in [-0.39, 0.29) is 6.79 Å². The smallest absolute Gasteiger partial charge is 0.231 e. The molecule has 3 rings (SSSR count). The highest BCUT2D eigenvalue weighted by Gasteiger charge is 2.17. The molecule has 0 aliphatic carbocycles. The van der Waals surface area contributed by atoms with E-state index in [2.05, 4.69) is 46.9 Å². The predicted molar refractivity (Wildman–Crippen MR) is 88.8 cm³/mol. The van der Waals surface area contributed by atoms with E-state index in [1.807, 2.05) is 12.1 Å². The zero-order valence-corrected chi connectivity index (χ0v) is 13.6. The zero-order chi connectivity index (χ0) is 14.7. The first kappa shape index (κ1) is 14.5. The zero-order valence-electron chi connectivity index (χ0n) is 11.5. The third-order valence-corrected chi connectivity index (χ3v) is 4.00. The summed E-state index contributed by atoms with van der Waals surface area (Å²) >= 11 is 2.29. The van der Waals surface area contributed by atoms with E-state index >= 15 is 0 Å². The minimum absolute atomic E-state index is 0.262. The lowest BCUT2D eigenvalue weighted by molar-refractivity contribution is 0.173. The quantitative estimate of drug-likeness (QED) is 0.788. The van der Waals surface area contributed by atoms with Crippen LogP contribution in [0.5, 0.6) is 17.2 Å². The molecule has 2 N–H and O–H groups in total. The minimum atomic E-state index is 0.262. The Morgan fingerprint density at radius 1 is 1.10 bits per heavy atom. The van der Waals surface area contributed by atoms with Gasteiger partial charge in [-0.3, -0.25) is 0 Å². The van der Waals surface area contributed by atoms with Crippen molar-refractivity contribution in [1.82, 2.24) is 0 Å². The number of ether oxygens (including phenoxy) is 3. The van der Waals surface area contributed by atoms with Crippen molar-refractivity contribution in [3.05, 3.63) is 51.1 Å². The van der Waals surface area contributed by atoms with Gasteiger partial charge in [-0.15, -0.1) is 0 Å². The van der Waals surface area contributed by atoms with E-state index in [1.54, 1.807) is 0 Å². The molecule has 5 heteroatoms. The molecule has 0 atom stereocenters. The standard InChI is InChI=1S/C16H16INO3/c17-13-3-1-11(2-4-13)9-19-14-8-16-15(20-10-21-16)7-12(14)5-6-18/h1-4,7-8H,5-6,9-10,18H2. The Morgan fingerprint density at radius 3 is 2.52 bits per heavy atom. The molecule has 0 amide bonds. The van der Waals surface area contributed by atoms with Crippen molar-refractivity contribution in [2.24, 2.45) is 5.73 Å². The van der Waals surface area contributed by atoms with Gasteiger partial charge in [0.15, 0.2) is 11.5 Å². The Bertz CT molecular complexity index is 628. The van der Waals surface area contributed by atoms with Crippen LogP contribution in [-0.4, -0.2) is 13.3 Å². The largest absolute Gasteiger partial charge is 0.488 e. The van der Waals surface area contributed by atoms with Crippen LogP contribution in [0, 0.1) is 3.57 Å². The highest BCUT2D eigenvalue weighted by molar-refractivity contribution is 14.1. The van der Waals surface area contributed by atoms with E-state index in [1.165, 1.54) is 3.57 Å². The van der Waals surface area contributed by atoms with Gasteiger partial charge in [-0.2, -0.15) is 0 Å². The molecule has 1 heterocycles. The molecule has 0 aromatic heterocycles. The molecule has 0 spiro atoms. The number of rotatable bonds is 5. The Morgan fingerprint density at radius 2 is 1.81 bits per heavy atom. The van der Waals surface area contributed by atoms with Crippen molar-refractivity contribution in [2.45, 2.75) is 13.0 Å². The molecule has 0 saturated heterocycles. The van der Waals surface area contributed by atoms with Crippen LogP contribution in [0.2, 0.25) is 0 Å². The van der Waals surface area contributed by atoms with Crippen LogP contribution in [0.25, 0.3) is 0 Å². The molecule has 1 aliphatic heterocycles. The van der Waals surface area contributed by atoms with E-state index < -0.39 is 0 Å². The first-order chi connectivity index (χ1) is 10.3. The maximum Gasteiger partial charge on any atom is 0.231 e. The molecule has 0 bridgehead atoms. The van der Waals surface area contributed by atoms with Gasteiger partial charge in [0.2, 0.25) is 6.79 Å². The molecule has 2 aromatic rings. The van der Waals surface area contributed by atoms with Crippen molar-refractivity contribution < 1.29 is 14.2 Å². The SMILES string of the molecule is NCCc1cc2c(cc1OCc1ccc(I)cc1)OCO2. The molecule has 21 heavy (non-hydrogen) atoms. The van der Waals surface area contributed by atoms with Crippen molar-refractivity contribution in [3.63, 3.8) is 0 Å². The summed E-state index contributed by atoms with van der Waals surface area (Å²) < 4.78 is 18.0. The molecule has 0 unspecified atom stereocenters. The number of nitrogens with two attached hydrogens (primary N) is 1. The van der Waals surface area contributed by atoms with Gasteiger partial charge in [-0.1, -0.05) is 12.1 Å². The maximum atomic E-state index is 5.95. The van der Waals surface area contributed by atoms with Crippen molar-refractivity contribution in [3.8, 4) is 17.2 Å². The fraction of sp³-hybridized carbons (Fsp3) is 0.250. The van der Waals surface area contributed by atoms with Crippen LogP contribution in [0.15, 0.2) is 36.4 Å². The second kappa shape index (κ2) is 6.53. The number of benzene rings is 2. The van der Waals surface area contributed by atoms with Gasteiger partial charge in [0, 0.05) is 9.64 Å². The lowest BCUT2D eigenvalue weighted by Crippen LogP contribution is -2.05. The number of halogens is 1. The summed E-state index contributed by atoms with van der Waals surface area (Å²) in [4.78, 5) is 0. The Hall–Kier alpha value is -1.47. The van der Waals surface area contributed by atoms with E-state index in [0.717, 1.165) is 34.8 Å². The van der Waals surface area contributed by atoms with Gasteiger partial charge < -0.3 is 19.9 Å². The van der Waals surface area contributed by atoms with E-state index in [4.69, 9.17) is 19.9 Å². The third kappa shape index (κ3) is 3.41. The van der Waals surface area contributed by atoms with E-state index in [9.17, 15) is 0 Å². The van der Waals surface area contributed by atoms with Gasteiger partial charge >= 0.3 is 0 Å². The van der Waals surface area contributed by atoms with Crippen LogP contribution in [-0.2, 0) is 13.0 Å². The first-order valence-electron chi connectivity index (χ1n) is 6.76. The molecular formula is C16H16INO3. The molecule has 0 fully saturated rings. The van der Waals surface area contributed by atoms with Gasteiger partial charge in [0.25, 0.3) is 0 Å². The average molecular weight is 397 g/mol. The second-order valence-corrected chi connectivity index (χ2v) is 6.01. The Kier molecular flexibility index (Phi) is 4.50. The summed E-state index contributed by atoms with van der Waals surface area (Å²) in [5.41, 5.74) is 7.85. The van der Waals surface area contributed by atoms with Crippen molar-refractivity contribution in [1.29, 1.82) is 0 Å². The van der Waals surface area contributed by atoms with Crippen LogP contribution >= 0.6 is 22.6 Å². The lowest BCUT2D eigenvalue weighted by atomic mass is 10.1. The normalized spacial score (nSPS) is 12.5. The summed E-state index contributed by atoms with van der Waals surface area (Å²) in [6.07, 6.45) is 0.749. The average Bonchev–Trinajstić information content (AvgIpc) is 2.94. The summed E-state index contributed by atoms with van der Waals surface area (Å²) in [6, 6.07) is 12.1. The second-order valence-electron chi connectivity index (χ2n) is 4.77. The topological polar surface area (TPSA) is 53.7 Å². The fourth-order valence-electron chi connectivity index (χ4n) is 2.19. The van der Waals surface area contributed by atoms with Crippen LogP contribution < -0.4 is 19.9 Å². The summed E-state index contributed by atoms with van der Waals surface area (Å²) in [7, 11) is 0. The highest BCUT2D eigenvalue weighted by Crippen LogP contribution is 2.38. The molecular weight excluding hydrogens is 381 g/mol. The molecule has 2 aromatic carbocycles. The maximum absolute atomic E-state index is 5.95. The number of fused-ring (bicyclic) bond motifs is 1.